The molecule has 0 aliphatic heterocycles. The molecule has 1 rings (SSSR count). The molecule has 0 heterocycles. The minimum atomic E-state index is -0.883. The minimum absolute atomic E-state index is 0.0191. The van der Waals surface area contributed by atoms with Crippen molar-refractivity contribution in [2.75, 3.05) is 6.54 Å². The number of rotatable bonds is 8. The van der Waals surface area contributed by atoms with Crippen molar-refractivity contribution in [3.63, 3.8) is 0 Å². The number of nitrogens with one attached hydrogen (secondary N) is 1. The Bertz CT molecular complexity index is 460. The highest BCUT2D eigenvalue weighted by atomic mass is 16.4. The molecule has 0 saturated carbocycles. The normalized spacial score (nSPS) is 13.7. The Balaban J connectivity index is 2.36. The van der Waals surface area contributed by atoms with E-state index in [1.165, 1.54) is 0 Å². The van der Waals surface area contributed by atoms with E-state index >= 15 is 0 Å². The maximum Gasteiger partial charge on any atom is 0.308 e. The number of carbonyl (C=O) groups excluding carboxylic acids is 1. The first-order valence-corrected chi connectivity index (χ1v) is 7.21. The molecule has 0 aliphatic carbocycles. The largest absolute Gasteiger partial charge is 0.481 e. The molecular weight excluding hydrogens is 268 g/mol. The second kappa shape index (κ2) is 8.42. The quantitative estimate of drug-likeness (QED) is 0.682. The standard InChI is InChI=1S/C16H24N2O3/c1-11(2)13(16(20)21)10-18-15(19)9-8-14(17)12-6-4-3-5-7-12/h3-7,11,13-14H,8-10,17H2,1-2H3,(H,18,19)(H,20,21). The predicted octanol–water partition coefficient (Wildman–Crippen LogP) is 1.94. The monoisotopic (exact) mass is 292 g/mol. The van der Waals surface area contributed by atoms with Gasteiger partial charge in [-0.1, -0.05) is 44.2 Å². The fraction of sp³-hybridized carbons (Fsp3) is 0.500. The van der Waals surface area contributed by atoms with E-state index in [0.29, 0.717) is 12.8 Å². The first-order chi connectivity index (χ1) is 9.91. The van der Waals surface area contributed by atoms with Gasteiger partial charge in [-0.15, -0.1) is 0 Å². The lowest BCUT2D eigenvalue weighted by Crippen LogP contribution is -2.35. The first-order valence-electron chi connectivity index (χ1n) is 7.21. The SMILES string of the molecule is CC(C)C(CNC(=O)CCC(N)c1ccccc1)C(=O)O. The summed E-state index contributed by atoms with van der Waals surface area (Å²) in [7, 11) is 0. The molecule has 21 heavy (non-hydrogen) atoms. The fourth-order valence-electron chi connectivity index (χ4n) is 2.07. The van der Waals surface area contributed by atoms with Crippen LogP contribution in [-0.2, 0) is 9.59 Å². The molecule has 1 aromatic carbocycles. The molecule has 5 nitrogen and oxygen atoms in total. The van der Waals surface area contributed by atoms with Gasteiger partial charge >= 0.3 is 5.97 Å². The maximum absolute atomic E-state index is 11.8. The second-order valence-corrected chi connectivity index (χ2v) is 5.55. The van der Waals surface area contributed by atoms with Crippen LogP contribution in [0.15, 0.2) is 30.3 Å². The highest BCUT2D eigenvalue weighted by Crippen LogP contribution is 2.15. The number of benzene rings is 1. The van der Waals surface area contributed by atoms with Crippen molar-refractivity contribution in [3.8, 4) is 0 Å². The third-order valence-electron chi connectivity index (χ3n) is 3.55. The lowest BCUT2D eigenvalue weighted by molar-refractivity contribution is -0.143. The number of carboxylic acids is 1. The summed E-state index contributed by atoms with van der Waals surface area (Å²) in [5.74, 6) is -1.62. The van der Waals surface area contributed by atoms with Crippen molar-refractivity contribution in [2.45, 2.75) is 32.7 Å². The Labute approximate surface area is 125 Å². The van der Waals surface area contributed by atoms with Crippen molar-refractivity contribution in [1.82, 2.24) is 5.32 Å². The van der Waals surface area contributed by atoms with E-state index in [4.69, 9.17) is 10.8 Å². The Kier molecular flexibility index (Phi) is 6.88. The smallest absolute Gasteiger partial charge is 0.308 e. The van der Waals surface area contributed by atoms with Gasteiger partial charge in [0.15, 0.2) is 0 Å². The van der Waals surface area contributed by atoms with Crippen LogP contribution in [0.4, 0.5) is 0 Å². The molecule has 0 bridgehead atoms. The van der Waals surface area contributed by atoms with Gasteiger partial charge < -0.3 is 16.2 Å². The van der Waals surface area contributed by atoms with E-state index in [2.05, 4.69) is 5.32 Å². The van der Waals surface area contributed by atoms with Crippen LogP contribution in [0.1, 0.15) is 38.3 Å². The number of aliphatic carboxylic acids is 1. The van der Waals surface area contributed by atoms with Crippen molar-refractivity contribution >= 4 is 11.9 Å². The molecule has 0 saturated heterocycles. The molecule has 4 N–H and O–H groups in total. The number of nitrogens with two attached hydrogens (primary N) is 1. The molecule has 2 atom stereocenters. The van der Waals surface area contributed by atoms with Crippen LogP contribution in [0.5, 0.6) is 0 Å². The summed E-state index contributed by atoms with van der Waals surface area (Å²) < 4.78 is 0. The third-order valence-corrected chi connectivity index (χ3v) is 3.55. The van der Waals surface area contributed by atoms with Crippen LogP contribution in [0.25, 0.3) is 0 Å². The zero-order valence-electron chi connectivity index (χ0n) is 12.6. The van der Waals surface area contributed by atoms with Crippen molar-refractivity contribution < 1.29 is 14.7 Å². The number of carbonyl (C=O) groups is 2. The van der Waals surface area contributed by atoms with Gasteiger partial charge in [0.05, 0.1) is 5.92 Å². The highest BCUT2D eigenvalue weighted by Gasteiger charge is 2.22. The molecule has 2 unspecified atom stereocenters. The molecule has 1 aromatic rings. The average molecular weight is 292 g/mol. The fourth-order valence-corrected chi connectivity index (χ4v) is 2.07. The zero-order valence-corrected chi connectivity index (χ0v) is 12.6. The van der Waals surface area contributed by atoms with Gasteiger partial charge in [0.25, 0.3) is 0 Å². The van der Waals surface area contributed by atoms with Crippen LogP contribution in [0.2, 0.25) is 0 Å². The summed E-state index contributed by atoms with van der Waals surface area (Å²) in [4.78, 5) is 22.8. The zero-order chi connectivity index (χ0) is 15.8. The second-order valence-electron chi connectivity index (χ2n) is 5.55. The van der Waals surface area contributed by atoms with Crippen molar-refractivity contribution in [3.05, 3.63) is 35.9 Å². The summed E-state index contributed by atoms with van der Waals surface area (Å²) in [6, 6.07) is 9.42. The van der Waals surface area contributed by atoms with Gasteiger partial charge in [-0.05, 0) is 17.9 Å². The molecule has 0 fully saturated rings. The first kappa shape index (κ1) is 17.2. The molecule has 0 radical (unpaired) electrons. The average Bonchev–Trinajstić information content (AvgIpc) is 2.45. The van der Waals surface area contributed by atoms with Crippen LogP contribution >= 0.6 is 0 Å². The van der Waals surface area contributed by atoms with Gasteiger partial charge in [0.1, 0.15) is 0 Å². The maximum atomic E-state index is 11.8. The highest BCUT2D eigenvalue weighted by molar-refractivity contribution is 5.77. The van der Waals surface area contributed by atoms with E-state index in [9.17, 15) is 9.59 Å². The number of amides is 1. The molecule has 0 aliphatic rings. The summed E-state index contributed by atoms with van der Waals surface area (Å²) in [6.07, 6.45) is 0.829. The Morgan fingerprint density at radius 1 is 1.24 bits per heavy atom. The lowest BCUT2D eigenvalue weighted by Gasteiger charge is -2.17. The Hall–Kier alpha value is -1.88. The van der Waals surface area contributed by atoms with Crippen LogP contribution in [-0.4, -0.2) is 23.5 Å². The van der Waals surface area contributed by atoms with Gasteiger partial charge in [-0.2, -0.15) is 0 Å². The number of carboxylic acid groups (broad SMARTS) is 1. The van der Waals surface area contributed by atoms with Gasteiger partial charge in [0.2, 0.25) is 5.91 Å². The van der Waals surface area contributed by atoms with E-state index in [0.717, 1.165) is 5.56 Å². The molecular formula is C16H24N2O3. The van der Waals surface area contributed by atoms with E-state index in [1.807, 2.05) is 44.2 Å². The summed E-state index contributed by atoms with van der Waals surface area (Å²) in [5, 5.41) is 11.7. The van der Waals surface area contributed by atoms with Crippen LogP contribution in [0.3, 0.4) is 0 Å². The van der Waals surface area contributed by atoms with Crippen LogP contribution < -0.4 is 11.1 Å². The number of hydrogen-bond donors (Lipinski definition) is 3. The van der Waals surface area contributed by atoms with Gasteiger partial charge in [-0.25, -0.2) is 0 Å². The van der Waals surface area contributed by atoms with Gasteiger partial charge in [0, 0.05) is 19.0 Å². The molecule has 5 heteroatoms. The van der Waals surface area contributed by atoms with Crippen molar-refractivity contribution in [2.24, 2.45) is 17.6 Å². The van der Waals surface area contributed by atoms with Crippen molar-refractivity contribution in [1.29, 1.82) is 0 Å². The summed E-state index contributed by atoms with van der Waals surface area (Å²) in [6.45, 7) is 3.82. The van der Waals surface area contributed by atoms with E-state index in [1.54, 1.807) is 0 Å². The predicted molar refractivity (Wildman–Crippen MR) is 81.6 cm³/mol. The minimum Gasteiger partial charge on any atom is -0.481 e. The van der Waals surface area contributed by atoms with Gasteiger partial charge in [-0.3, -0.25) is 9.59 Å². The Morgan fingerprint density at radius 3 is 2.38 bits per heavy atom. The topological polar surface area (TPSA) is 92.4 Å². The van der Waals surface area contributed by atoms with E-state index < -0.39 is 11.9 Å². The number of hydrogen-bond acceptors (Lipinski definition) is 3. The lowest BCUT2D eigenvalue weighted by atomic mass is 9.96. The molecule has 116 valence electrons. The molecule has 0 aromatic heterocycles. The molecule has 0 spiro atoms. The summed E-state index contributed by atoms with van der Waals surface area (Å²) in [5.41, 5.74) is 7.02. The van der Waals surface area contributed by atoms with Crippen LogP contribution in [0, 0.1) is 11.8 Å². The third kappa shape index (κ3) is 5.95. The van der Waals surface area contributed by atoms with E-state index in [-0.39, 0.29) is 24.4 Å². The Morgan fingerprint density at radius 2 is 1.86 bits per heavy atom. The molecule has 1 amide bonds. The summed E-state index contributed by atoms with van der Waals surface area (Å²) >= 11 is 0.